The van der Waals surface area contributed by atoms with Gasteiger partial charge < -0.3 is 19.2 Å². The lowest BCUT2D eigenvalue weighted by Crippen LogP contribution is -2.41. The fraction of sp³-hybridized carbons (Fsp3) is 0.556. The topological polar surface area (TPSA) is 47.9 Å². The van der Waals surface area contributed by atoms with Crippen LogP contribution in [0.2, 0.25) is 0 Å². The maximum absolute atomic E-state index is 9.25. The van der Waals surface area contributed by atoms with Crippen LogP contribution in [0.3, 0.4) is 0 Å². The van der Waals surface area contributed by atoms with E-state index in [2.05, 4.69) is 0 Å². The molecule has 1 aliphatic heterocycles. The Morgan fingerprint density at radius 3 is 2.26 bits per heavy atom. The van der Waals surface area contributed by atoms with Crippen LogP contribution in [0.1, 0.15) is 46.6 Å². The Balaban J connectivity index is 1.74. The normalized spacial score (nSPS) is 21.0. The predicted octanol–water partition coefficient (Wildman–Crippen LogP) is 3.88. The standard InChI is InChI=1S/C18H27BO4/c1-14(21-13-15-8-10-16(20)11-9-15)7-6-12-19-22-17(2,3)18(4,5)23-19/h6,8-12,14,20H,7,13H2,1-5H3/b12-6+. The van der Waals surface area contributed by atoms with E-state index in [-0.39, 0.29) is 30.2 Å². The first-order valence-electron chi connectivity index (χ1n) is 8.11. The molecule has 1 aromatic carbocycles. The van der Waals surface area contributed by atoms with E-state index in [0.717, 1.165) is 12.0 Å². The molecule has 126 valence electrons. The fourth-order valence-corrected chi connectivity index (χ4v) is 2.25. The molecule has 0 aliphatic carbocycles. The van der Waals surface area contributed by atoms with Crippen LogP contribution in [0.15, 0.2) is 36.3 Å². The summed E-state index contributed by atoms with van der Waals surface area (Å²) in [6.45, 7) is 10.8. The average Bonchev–Trinajstić information content (AvgIpc) is 2.66. The first-order valence-corrected chi connectivity index (χ1v) is 8.11. The summed E-state index contributed by atoms with van der Waals surface area (Å²) in [6.07, 6.45) is 2.94. The van der Waals surface area contributed by atoms with E-state index in [1.54, 1.807) is 12.1 Å². The summed E-state index contributed by atoms with van der Waals surface area (Å²) in [4.78, 5) is 0. The Hall–Kier alpha value is -1.30. The van der Waals surface area contributed by atoms with Crippen LogP contribution >= 0.6 is 0 Å². The number of rotatable bonds is 6. The number of hydrogen-bond acceptors (Lipinski definition) is 4. The van der Waals surface area contributed by atoms with Crippen molar-refractivity contribution in [2.75, 3.05) is 0 Å². The Bertz CT molecular complexity index is 520. The summed E-state index contributed by atoms with van der Waals surface area (Å²) in [6, 6.07) is 7.06. The molecule has 2 rings (SSSR count). The minimum absolute atomic E-state index is 0.0995. The second-order valence-corrected chi connectivity index (χ2v) is 7.08. The van der Waals surface area contributed by atoms with E-state index in [4.69, 9.17) is 14.0 Å². The summed E-state index contributed by atoms with van der Waals surface area (Å²) >= 11 is 0. The van der Waals surface area contributed by atoms with Crippen molar-refractivity contribution in [2.45, 2.75) is 65.0 Å². The second-order valence-electron chi connectivity index (χ2n) is 7.08. The van der Waals surface area contributed by atoms with Crippen LogP contribution in [0.25, 0.3) is 0 Å². The van der Waals surface area contributed by atoms with Gasteiger partial charge in [-0.05, 0) is 58.7 Å². The zero-order valence-electron chi connectivity index (χ0n) is 14.7. The maximum Gasteiger partial charge on any atom is 0.486 e. The number of hydrogen-bond donors (Lipinski definition) is 1. The van der Waals surface area contributed by atoms with Gasteiger partial charge in [-0.25, -0.2) is 0 Å². The highest BCUT2D eigenvalue weighted by atomic mass is 16.7. The zero-order valence-corrected chi connectivity index (χ0v) is 14.7. The molecule has 1 unspecified atom stereocenters. The summed E-state index contributed by atoms with van der Waals surface area (Å²) in [7, 11) is -0.302. The van der Waals surface area contributed by atoms with Crippen molar-refractivity contribution in [1.82, 2.24) is 0 Å². The molecule has 0 amide bonds. The van der Waals surface area contributed by atoms with Crippen LogP contribution in [-0.2, 0) is 20.7 Å². The third kappa shape index (κ3) is 4.84. The molecule has 1 fully saturated rings. The molecule has 0 bridgehead atoms. The molecule has 0 aromatic heterocycles. The van der Waals surface area contributed by atoms with Crippen molar-refractivity contribution in [3.05, 3.63) is 41.9 Å². The number of benzene rings is 1. The highest BCUT2D eigenvalue weighted by Crippen LogP contribution is 2.36. The number of phenols is 1. The van der Waals surface area contributed by atoms with Gasteiger partial charge in [-0.2, -0.15) is 0 Å². The molecule has 1 aromatic rings. The minimum atomic E-state index is -0.303. The molecule has 1 atom stereocenters. The monoisotopic (exact) mass is 318 g/mol. The van der Waals surface area contributed by atoms with Crippen LogP contribution in [0, 0.1) is 0 Å². The van der Waals surface area contributed by atoms with Gasteiger partial charge in [0.1, 0.15) is 5.75 Å². The molecular formula is C18H27BO4. The SMILES string of the molecule is CC(C/C=C/B1OC(C)(C)C(C)(C)O1)OCc1ccc(O)cc1. The summed E-state index contributed by atoms with van der Waals surface area (Å²) < 4.78 is 17.6. The van der Waals surface area contributed by atoms with Crippen molar-refractivity contribution in [3.8, 4) is 5.75 Å². The Morgan fingerprint density at radius 2 is 1.70 bits per heavy atom. The van der Waals surface area contributed by atoms with Gasteiger partial charge in [-0.1, -0.05) is 24.2 Å². The molecular weight excluding hydrogens is 291 g/mol. The van der Waals surface area contributed by atoms with E-state index in [9.17, 15) is 5.11 Å². The Kier molecular flexibility index (Phi) is 5.55. The van der Waals surface area contributed by atoms with Crippen molar-refractivity contribution in [3.63, 3.8) is 0 Å². The molecule has 4 nitrogen and oxygen atoms in total. The molecule has 1 aliphatic rings. The van der Waals surface area contributed by atoms with Crippen LogP contribution in [0.5, 0.6) is 5.75 Å². The van der Waals surface area contributed by atoms with Gasteiger partial charge in [0.05, 0.1) is 23.9 Å². The molecule has 5 heteroatoms. The predicted molar refractivity (Wildman–Crippen MR) is 92.2 cm³/mol. The average molecular weight is 318 g/mol. The van der Waals surface area contributed by atoms with E-state index in [1.807, 2.05) is 58.8 Å². The number of phenolic OH excluding ortho intramolecular Hbond substituents is 1. The lowest BCUT2D eigenvalue weighted by atomic mass is 9.89. The molecule has 23 heavy (non-hydrogen) atoms. The lowest BCUT2D eigenvalue weighted by molar-refractivity contribution is 0.00578. The van der Waals surface area contributed by atoms with Crippen LogP contribution < -0.4 is 0 Å². The van der Waals surface area contributed by atoms with E-state index in [1.165, 1.54) is 0 Å². The third-order valence-electron chi connectivity index (χ3n) is 4.50. The summed E-state index contributed by atoms with van der Waals surface area (Å²) in [5.74, 6) is 2.23. The molecule has 1 saturated heterocycles. The Morgan fingerprint density at radius 1 is 1.13 bits per heavy atom. The van der Waals surface area contributed by atoms with Crippen LogP contribution in [-0.4, -0.2) is 29.5 Å². The molecule has 1 heterocycles. The highest BCUT2D eigenvalue weighted by Gasteiger charge is 2.49. The van der Waals surface area contributed by atoms with Crippen LogP contribution in [0.4, 0.5) is 0 Å². The van der Waals surface area contributed by atoms with Gasteiger partial charge in [-0.15, -0.1) is 0 Å². The van der Waals surface area contributed by atoms with E-state index < -0.39 is 0 Å². The van der Waals surface area contributed by atoms with Gasteiger partial charge in [0.25, 0.3) is 0 Å². The zero-order chi connectivity index (χ0) is 17.1. The fourth-order valence-electron chi connectivity index (χ4n) is 2.25. The highest BCUT2D eigenvalue weighted by molar-refractivity contribution is 6.51. The number of ether oxygens (including phenoxy) is 1. The quantitative estimate of drug-likeness (QED) is 0.809. The van der Waals surface area contributed by atoms with Gasteiger partial charge >= 0.3 is 7.12 Å². The summed E-state index contributed by atoms with van der Waals surface area (Å²) in [5.41, 5.74) is 0.441. The van der Waals surface area contributed by atoms with Gasteiger partial charge in [0.15, 0.2) is 0 Å². The van der Waals surface area contributed by atoms with Gasteiger partial charge in [0.2, 0.25) is 0 Å². The second kappa shape index (κ2) is 7.08. The minimum Gasteiger partial charge on any atom is -0.508 e. The lowest BCUT2D eigenvalue weighted by Gasteiger charge is -2.32. The first-order chi connectivity index (χ1) is 10.7. The Labute approximate surface area is 139 Å². The molecule has 1 N–H and O–H groups in total. The number of aromatic hydroxyl groups is 1. The van der Waals surface area contributed by atoms with Gasteiger partial charge in [0, 0.05) is 0 Å². The summed E-state index contributed by atoms with van der Waals surface area (Å²) in [5, 5.41) is 9.25. The van der Waals surface area contributed by atoms with Gasteiger partial charge in [-0.3, -0.25) is 0 Å². The van der Waals surface area contributed by atoms with E-state index in [0.29, 0.717) is 6.61 Å². The molecule has 0 radical (unpaired) electrons. The third-order valence-corrected chi connectivity index (χ3v) is 4.50. The molecule has 0 saturated carbocycles. The van der Waals surface area contributed by atoms with Crippen molar-refractivity contribution >= 4 is 7.12 Å². The van der Waals surface area contributed by atoms with Crippen molar-refractivity contribution in [2.24, 2.45) is 0 Å². The van der Waals surface area contributed by atoms with E-state index >= 15 is 0 Å². The van der Waals surface area contributed by atoms with Crippen molar-refractivity contribution < 1.29 is 19.2 Å². The maximum atomic E-state index is 9.25. The van der Waals surface area contributed by atoms with Crippen molar-refractivity contribution in [1.29, 1.82) is 0 Å². The largest absolute Gasteiger partial charge is 0.508 e. The smallest absolute Gasteiger partial charge is 0.486 e. The first kappa shape index (κ1) is 18.0. The molecule has 0 spiro atoms.